The monoisotopic (exact) mass is 284 g/mol. The van der Waals surface area contributed by atoms with E-state index in [0.717, 1.165) is 23.6 Å². The Morgan fingerprint density at radius 3 is 2.57 bits per heavy atom. The van der Waals surface area contributed by atoms with Crippen molar-refractivity contribution in [1.82, 2.24) is 9.97 Å². The van der Waals surface area contributed by atoms with Crippen molar-refractivity contribution in [2.75, 3.05) is 10.6 Å². The van der Waals surface area contributed by atoms with Crippen LogP contribution in [0.1, 0.15) is 37.6 Å². The second kappa shape index (κ2) is 6.57. The van der Waals surface area contributed by atoms with E-state index in [0.29, 0.717) is 12.0 Å². The fourth-order valence-electron chi connectivity index (χ4n) is 2.29. The summed E-state index contributed by atoms with van der Waals surface area (Å²) >= 11 is 0. The first-order chi connectivity index (χ1) is 9.99. The molecule has 0 saturated carbocycles. The lowest BCUT2D eigenvalue weighted by molar-refractivity contribution is 0.871. The Kier molecular flexibility index (Phi) is 4.78. The highest BCUT2D eigenvalue weighted by Crippen LogP contribution is 2.25. The van der Waals surface area contributed by atoms with Crippen molar-refractivity contribution in [3.63, 3.8) is 0 Å². The number of hydrogen-bond donors (Lipinski definition) is 2. The number of para-hydroxylation sites is 1. The molecule has 0 bridgehead atoms. The Morgan fingerprint density at radius 1 is 1.14 bits per heavy atom. The van der Waals surface area contributed by atoms with Gasteiger partial charge < -0.3 is 10.6 Å². The highest BCUT2D eigenvalue weighted by molar-refractivity contribution is 5.65. The highest BCUT2D eigenvalue weighted by atomic mass is 15.2. The van der Waals surface area contributed by atoms with Crippen LogP contribution in [0.3, 0.4) is 0 Å². The number of nitrogens with zero attached hydrogens (tertiary/aromatic N) is 2. The van der Waals surface area contributed by atoms with Crippen LogP contribution in [-0.2, 0) is 6.42 Å². The Labute approximate surface area is 127 Å². The zero-order valence-electron chi connectivity index (χ0n) is 13.5. The first kappa shape index (κ1) is 15.3. The number of hydrogen-bond acceptors (Lipinski definition) is 4. The zero-order chi connectivity index (χ0) is 15.4. The Morgan fingerprint density at radius 2 is 1.90 bits per heavy atom. The number of rotatable bonds is 5. The molecule has 0 aliphatic carbocycles. The smallest absolute Gasteiger partial charge is 0.225 e. The molecule has 0 aliphatic heterocycles. The third-order valence-electron chi connectivity index (χ3n) is 3.27. The minimum absolute atomic E-state index is 0.310. The lowest BCUT2D eigenvalue weighted by Gasteiger charge is -2.15. The second-order valence-electron chi connectivity index (χ2n) is 5.60. The summed E-state index contributed by atoms with van der Waals surface area (Å²) in [6, 6.07) is 8.64. The molecule has 112 valence electrons. The quantitative estimate of drug-likeness (QED) is 0.863. The summed E-state index contributed by atoms with van der Waals surface area (Å²) in [5.41, 5.74) is 4.62. The van der Waals surface area contributed by atoms with Crippen molar-refractivity contribution in [2.24, 2.45) is 0 Å². The fourth-order valence-corrected chi connectivity index (χ4v) is 2.29. The van der Waals surface area contributed by atoms with Gasteiger partial charge in [0.15, 0.2) is 0 Å². The molecule has 0 fully saturated rings. The van der Waals surface area contributed by atoms with Gasteiger partial charge >= 0.3 is 0 Å². The van der Waals surface area contributed by atoms with Gasteiger partial charge in [-0.05, 0) is 45.2 Å². The zero-order valence-corrected chi connectivity index (χ0v) is 13.5. The van der Waals surface area contributed by atoms with E-state index >= 15 is 0 Å². The molecule has 1 aromatic carbocycles. The molecule has 2 rings (SSSR count). The number of benzene rings is 1. The van der Waals surface area contributed by atoms with Gasteiger partial charge in [-0.15, -0.1) is 0 Å². The molecule has 0 aliphatic rings. The van der Waals surface area contributed by atoms with Crippen LogP contribution in [0.4, 0.5) is 17.5 Å². The van der Waals surface area contributed by atoms with Gasteiger partial charge in [-0.3, -0.25) is 0 Å². The Balaban J connectivity index is 2.33. The molecule has 1 heterocycles. The van der Waals surface area contributed by atoms with E-state index in [9.17, 15) is 0 Å². The highest BCUT2D eigenvalue weighted by Gasteiger charge is 2.08. The molecule has 4 nitrogen and oxygen atoms in total. The molecule has 0 saturated heterocycles. The molecule has 0 unspecified atom stereocenters. The number of anilines is 3. The molecule has 0 atom stereocenters. The van der Waals surface area contributed by atoms with Gasteiger partial charge in [0.1, 0.15) is 5.82 Å². The second-order valence-corrected chi connectivity index (χ2v) is 5.60. The maximum absolute atomic E-state index is 4.55. The van der Waals surface area contributed by atoms with Crippen LogP contribution in [-0.4, -0.2) is 16.0 Å². The predicted octanol–water partition coefficient (Wildman–Crippen LogP) is 4.22. The maximum atomic E-state index is 4.55. The summed E-state index contributed by atoms with van der Waals surface area (Å²) in [6.07, 6.45) is 0.991. The summed E-state index contributed by atoms with van der Waals surface area (Å²) in [6.45, 7) is 10.4. The van der Waals surface area contributed by atoms with Crippen molar-refractivity contribution in [3.05, 3.63) is 41.1 Å². The third kappa shape index (κ3) is 3.94. The maximum Gasteiger partial charge on any atom is 0.225 e. The number of aromatic nitrogens is 2. The standard InChI is InChI=1S/C17H24N4/c1-6-14-9-7-8-12(4)16(14)20-15-10-13(5)19-17(21-15)18-11(2)3/h7-11H,6H2,1-5H3,(H2,18,19,20,21). The van der Waals surface area contributed by atoms with E-state index in [1.807, 2.05) is 13.0 Å². The number of aryl methyl sites for hydroxylation is 3. The van der Waals surface area contributed by atoms with Gasteiger partial charge in [0.2, 0.25) is 5.95 Å². The van der Waals surface area contributed by atoms with E-state index in [2.05, 4.69) is 66.5 Å². The summed E-state index contributed by atoms with van der Waals surface area (Å²) < 4.78 is 0. The molecule has 21 heavy (non-hydrogen) atoms. The van der Waals surface area contributed by atoms with Crippen LogP contribution in [0.25, 0.3) is 0 Å². The first-order valence-electron chi connectivity index (χ1n) is 7.47. The third-order valence-corrected chi connectivity index (χ3v) is 3.27. The van der Waals surface area contributed by atoms with E-state index in [-0.39, 0.29) is 0 Å². The van der Waals surface area contributed by atoms with Crippen LogP contribution in [0.2, 0.25) is 0 Å². The largest absolute Gasteiger partial charge is 0.352 e. The van der Waals surface area contributed by atoms with Gasteiger partial charge in [-0.25, -0.2) is 4.98 Å². The Bertz CT molecular complexity index is 620. The van der Waals surface area contributed by atoms with E-state index in [4.69, 9.17) is 0 Å². The SMILES string of the molecule is CCc1cccc(C)c1Nc1cc(C)nc(NC(C)C)n1. The molecule has 0 spiro atoms. The average molecular weight is 284 g/mol. The molecule has 0 amide bonds. The van der Waals surface area contributed by atoms with Crippen LogP contribution >= 0.6 is 0 Å². The number of nitrogens with one attached hydrogen (secondary N) is 2. The van der Waals surface area contributed by atoms with Crippen LogP contribution in [0.15, 0.2) is 24.3 Å². The van der Waals surface area contributed by atoms with Crippen molar-refractivity contribution in [3.8, 4) is 0 Å². The van der Waals surface area contributed by atoms with Gasteiger partial charge in [-0.1, -0.05) is 25.1 Å². The topological polar surface area (TPSA) is 49.8 Å². The van der Waals surface area contributed by atoms with E-state index < -0.39 is 0 Å². The van der Waals surface area contributed by atoms with Crippen LogP contribution in [0.5, 0.6) is 0 Å². The van der Waals surface area contributed by atoms with Crippen molar-refractivity contribution in [2.45, 2.75) is 47.1 Å². The van der Waals surface area contributed by atoms with Crippen molar-refractivity contribution in [1.29, 1.82) is 0 Å². The summed E-state index contributed by atoms with van der Waals surface area (Å²) in [5.74, 6) is 1.49. The first-order valence-corrected chi connectivity index (χ1v) is 7.47. The van der Waals surface area contributed by atoms with E-state index in [1.165, 1.54) is 11.1 Å². The lowest BCUT2D eigenvalue weighted by Crippen LogP contribution is -2.13. The summed E-state index contributed by atoms with van der Waals surface area (Å²) in [5, 5.41) is 6.71. The molecule has 2 N–H and O–H groups in total. The minimum Gasteiger partial charge on any atom is -0.352 e. The molecule has 1 aromatic heterocycles. The van der Waals surface area contributed by atoms with Crippen LogP contribution < -0.4 is 10.6 Å². The van der Waals surface area contributed by atoms with Crippen LogP contribution in [0, 0.1) is 13.8 Å². The molecular formula is C17H24N4. The molecule has 0 radical (unpaired) electrons. The predicted molar refractivity (Wildman–Crippen MR) is 89.4 cm³/mol. The Hall–Kier alpha value is -2.10. The summed E-state index contributed by atoms with van der Waals surface area (Å²) in [4.78, 5) is 8.97. The molecule has 4 heteroatoms. The van der Waals surface area contributed by atoms with Crippen molar-refractivity contribution >= 4 is 17.5 Å². The van der Waals surface area contributed by atoms with Gasteiger partial charge in [0.05, 0.1) is 0 Å². The van der Waals surface area contributed by atoms with E-state index in [1.54, 1.807) is 0 Å². The molecular weight excluding hydrogens is 260 g/mol. The fraction of sp³-hybridized carbons (Fsp3) is 0.412. The van der Waals surface area contributed by atoms with Gasteiger partial charge in [0, 0.05) is 23.5 Å². The van der Waals surface area contributed by atoms with Crippen molar-refractivity contribution < 1.29 is 0 Å². The van der Waals surface area contributed by atoms with Gasteiger partial charge in [0.25, 0.3) is 0 Å². The minimum atomic E-state index is 0.310. The lowest BCUT2D eigenvalue weighted by atomic mass is 10.1. The summed E-state index contributed by atoms with van der Waals surface area (Å²) in [7, 11) is 0. The molecule has 2 aromatic rings. The average Bonchev–Trinajstić information content (AvgIpc) is 2.39. The van der Waals surface area contributed by atoms with Gasteiger partial charge in [-0.2, -0.15) is 4.98 Å². The normalized spacial score (nSPS) is 10.8.